The van der Waals surface area contributed by atoms with Crippen LogP contribution in [0.25, 0.3) is 0 Å². The molecule has 40 heavy (non-hydrogen) atoms. The van der Waals surface area contributed by atoms with Crippen molar-refractivity contribution in [1.82, 2.24) is 9.55 Å². The van der Waals surface area contributed by atoms with E-state index < -0.39 is 10.8 Å². The van der Waals surface area contributed by atoms with E-state index in [1.54, 1.807) is 0 Å². The largest absolute Gasteiger partial charge is 0.335 e. The van der Waals surface area contributed by atoms with Gasteiger partial charge in [-0.1, -0.05) is 121 Å². The van der Waals surface area contributed by atoms with Gasteiger partial charge in [0, 0.05) is 12.7 Å². The molecule has 0 unspecified atom stereocenters. The zero-order valence-electron chi connectivity index (χ0n) is 22.7. The van der Waals surface area contributed by atoms with Crippen molar-refractivity contribution in [3.8, 4) is 12.1 Å². The zero-order valence-corrected chi connectivity index (χ0v) is 22.7. The molecule has 1 heterocycles. The molecule has 0 saturated carbocycles. The van der Waals surface area contributed by atoms with Crippen LogP contribution in [0.3, 0.4) is 0 Å². The minimum absolute atomic E-state index is 0.615. The quantitative estimate of drug-likeness (QED) is 0.191. The molecular formula is C36H32N4. The van der Waals surface area contributed by atoms with E-state index in [1.807, 2.05) is 128 Å². The molecule has 0 N–H and O–H groups in total. The van der Waals surface area contributed by atoms with Gasteiger partial charge in [0.1, 0.15) is 16.7 Å². The Balaban J connectivity index is 1.41. The second kappa shape index (κ2) is 11.9. The fourth-order valence-electron chi connectivity index (χ4n) is 5.70. The Morgan fingerprint density at radius 2 is 0.975 bits per heavy atom. The number of aromatic nitrogens is 2. The molecule has 0 aliphatic rings. The van der Waals surface area contributed by atoms with E-state index >= 15 is 0 Å². The van der Waals surface area contributed by atoms with Crippen molar-refractivity contribution < 1.29 is 0 Å². The molecule has 4 aromatic carbocycles. The molecule has 5 rings (SSSR count). The normalized spacial score (nSPS) is 11.5. The Hall–Kier alpha value is -4.93. The Bertz CT molecular complexity index is 1530. The molecule has 0 aliphatic carbocycles. The lowest BCUT2D eigenvalue weighted by Crippen LogP contribution is -2.27. The SMILES string of the molecule is Cc1nc(CCC(C#N)(c2ccccc2)c2ccccc2)cn1CCC(C#N)(c1ccccc1)c1ccccc1. The van der Waals surface area contributed by atoms with Gasteiger partial charge in [-0.25, -0.2) is 4.98 Å². The molecule has 1 aromatic heterocycles. The number of rotatable bonds is 10. The van der Waals surface area contributed by atoms with Crippen LogP contribution < -0.4 is 0 Å². The Morgan fingerprint density at radius 3 is 1.35 bits per heavy atom. The van der Waals surface area contributed by atoms with Crippen molar-refractivity contribution >= 4 is 0 Å². The third-order valence-electron chi connectivity index (χ3n) is 7.96. The second-order valence-electron chi connectivity index (χ2n) is 10.2. The molecule has 5 aromatic rings. The van der Waals surface area contributed by atoms with Crippen molar-refractivity contribution in [3.05, 3.63) is 161 Å². The maximum atomic E-state index is 10.5. The lowest BCUT2D eigenvalue weighted by Gasteiger charge is -2.28. The maximum absolute atomic E-state index is 10.5. The molecule has 196 valence electrons. The van der Waals surface area contributed by atoms with Gasteiger partial charge in [-0.2, -0.15) is 10.5 Å². The Kier molecular flexibility index (Phi) is 7.90. The average Bonchev–Trinajstić information content (AvgIpc) is 3.39. The van der Waals surface area contributed by atoms with Gasteiger partial charge in [0.2, 0.25) is 0 Å². The van der Waals surface area contributed by atoms with E-state index in [-0.39, 0.29) is 0 Å². The zero-order chi connectivity index (χ0) is 27.8. The summed E-state index contributed by atoms with van der Waals surface area (Å²) < 4.78 is 2.15. The van der Waals surface area contributed by atoms with E-state index in [1.165, 1.54) is 0 Å². The molecule has 4 heteroatoms. The summed E-state index contributed by atoms with van der Waals surface area (Å²) in [5.74, 6) is 0.907. The summed E-state index contributed by atoms with van der Waals surface area (Å²) in [6.07, 6.45) is 3.98. The van der Waals surface area contributed by atoms with E-state index in [0.717, 1.165) is 33.8 Å². The smallest absolute Gasteiger partial charge is 0.109 e. The summed E-state index contributed by atoms with van der Waals surface area (Å²) in [5.41, 5.74) is 3.38. The first kappa shape index (κ1) is 26.7. The topological polar surface area (TPSA) is 65.4 Å². The number of aryl methyl sites for hydroxylation is 3. The lowest BCUT2D eigenvalue weighted by molar-refractivity contribution is 0.514. The lowest BCUT2D eigenvalue weighted by atomic mass is 9.72. The molecule has 0 radical (unpaired) electrons. The van der Waals surface area contributed by atoms with Crippen LogP contribution >= 0.6 is 0 Å². The van der Waals surface area contributed by atoms with Crippen molar-refractivity contribution in [2.75, 3.05) is 0 Å². The Morgan fingerprint density at radius 1 is 0.600 bits per heavy atom. The minimum atomic E-state index is -0.768. The van der Waals surface area contributed by atoms with Crippen LogP contribution in [0.4, 0.5) is 0 Å². The van der Waals surface area contributed by atoms with Crippen LogP contribution in [0.15, 0.2) is 128 Å². The highest BCUT2D eigenvalue weighted by Gasteiger charge is 2.36. The highest BCUT2D eigenvalue weighted by molar-refractivity contribution is 5.47. The highest BCUT2D eigenvalue weighted by atomic mass is 15.1. The van der Waals surface area contributed by atoms with Crippen LogP contribution in [0.5, 0.6) is 0 Å². The summed E-state index contributed by atoms with van der Waals surface area (Å²) in [4.78, 5) is 4.88. The maximum Gasteiger partial charge on any atom is 0.109 e. The summed E-state index contributed by atoms with van der Waals surface area (Å²) in [6.45, 7) is 2.66. The number of imidazole rings is 1. The van der Waals surface area contributed by atoms with Gasteiger partial charge in [0.05, 0.1) is 17.8 Å². The van der Waals surface area contributed by atoms with Crippen molar-refractivity contribution in [3.63, 3.8) is 0 Å². The first-order chi connectivity index (χ1) is 19.6. The third kappa shape index (κ3) is 5.18. The molecule has 0 aliphatic heterocycles. The van der Waals surface area contributed by atoms with Crippen molar-refractivity contribution in [2.45, 2.75) is 43.6 Å². The number of hydrogen-bond acceptors (Lipinski definition) is 3. The molecule has 0 bridgehead atoms. The molecule has 4 nitrogen and oxygen atoms in total. The fourth-order valence-corrected chi connectivity index (χ4v) is 5.70. The van der Waals surface area contributed by atoms with E-state index in [4.69, 9.17) is 4.98 Å². The first-order valence-corrected chi connectivity index (χ1v) is 13.7. The monoisotopic (exact) mass is 520 g/mol. The fraction of sp³-hybridized carbons (Fsp3) is 0.194. The minimum Gasteiger partial charge on any atom is -0.335 e. The summed E-state index contributed by atoms with van der Waals surface area (Å²) in [7, 11) is 0. The van der Waals surface area contributed by atoms with Crippen LogP contribution in [-0.4, -0.2) is 9.55 Å². The van der Waals surface area contributed by atoms with Crippen molar-refractivity contribution in [2.24, 2.45) is 0 Å². The summed E-state index contributed by atoms with van der Waals surface area (Å²) in [6, 6.07) is 45.5. The molecule has 0 atom stereocenters. The van der Waals surface area contributed by atoms with Crippen LogP contribution in [0.2, 0.25) is 0 Å². The van der Waals surface area contributed by atoms with Crippen molar-refractivity contribution in [1.29, 1.82) is 10.5 Å². The average molecular weight is 521 g/mol. The third-order valence-corrected chi connectivity index (χ3v) is 7.96. The van der Waals surface area contributed by atoms with Gasteiger partial charge in [-0.3, -0.25) is 0 Å². The molecule has 0 spiro atoms. The summed E-state index contributed by atoms with van der Waals surface area (Å²) in [5, 5.41) is 21.1. The second-order valence-corrected chi connectivity index (χ2v) is 10.2. The van der Waals surface area contributed by atoms with Gasteiger partial charge in [0.15, 0.2) is 0 Å². The molecule has 0 fully saturated rings. The van der Waals surface area contributed by atoms with Crippen LogP contribution in [0, 0.1) is 29.6 Å². The molecular weight excluding hydrogens is 488 g/mol. The van der Waals surface area contributed by atoms with Gasteiger partial charge in [-0.15, -0.1) is 0 Å². The predicted molar refractivity (Wildman–Crippen MR) is 158 cm³/mol. The number of nitrogens with zero attached hydrogens (tertiary/aromatic N) is 4. The molecule has 0 saturated heterocycles. The van der Waals surface area contributed by atoms with E-state index in [0.29, 0.717) is 25.8 Å². The predicted octanol–water partition coefficient (Wildman–Crippen LogP) is 7.53. The number of nitriles is 2. The van der Waals surface area contributed by atoms with Gasteiger partial charge in [0.25, 0.3) is 0 Å². The number of benzene rings is 4. The molecule has 0 amide bonds. The van der Waals surface area contributed by atoms with E-state index in [9.17, 15) is 10.5 Å². The first-order valence-electron chi connectivity index (χ1n) is 13.7. The van der Waals surface area contributed by atoms with Gasteiger partial charge in [-0.05, 0) is 48.4 Å². The Labute approximate surface area is 236 Å². The standard InChI is InChI=1S/C36H32N4/c1-29-39-34(22-23-35(27-37,30-14-6-2-7-15-30)31-16-8-3-9-17-31)26-40(29)25-24-36(28-38,32-18-10-4-11-19-32)33-20-12-5-13-21-33/h2-21,26H,22-25H2,1H3. The van der Waals surface area contributed by atoms with E-state index in [2.05, 4.69) is 22.9 Å². The van der Waals surface area contributed by atoms with Gasteiger partial charge >= 0.3 is 0 Å². The van der Waals surface area contributed by atoms with Crippen LogP contribution in [0.1, 0.15) is 46.6 Å². The summed E-state index contributed by atoms with van der Waals surface area (Å²) >= 11 is 0. The number of hydrogen-bond donors (Lipinski definition) is 0. The highest BCUT2D eigenvalue weighted by Crippen LogP contribution is 2.37. The van der Waals surface area contributed by atoms with Crippen LogP contribution in [-0.2, 0) is 23.8 Å². The van der Waals surface area contributed by atoms with Gasteiger partial charge < -0.3 is 4.57 Å².